The van der Waals surface area contributed by atoms with E-state index in [1.807, 2.05) is 0 Å². The van der Waals surface area contributed by atoms with Crippen molar-refractivity contribution in [1.29, 1.82) is 0 Å². The van der Waals surface area contributed by atoms with E-state index in [1.165, 1.54) is 77.0 Å². The highest BCUT2D eigenvalue weighted by Gasteiger charge is 2.48. The Labute approximate surface area is 191 Å². The molecule has 0 amide bonds. The highest BCUT2D eigenvalue weighted by Crippen LogP contribution is 2.42. The lowest BCUT2D eigenvalue weighted by Gasteiger charge is -2.40. The molecule has 176 valence electrons. The molecule has 3 fully saturated rings. The fourth-order valence-electron chi connectivity index (χ4n) is 6.16. The summed E-state index contributed by atoms with van der Waals surface area (Å²) in [4.78, 5) is 0. The summed E-state index contributed by atoms with van der Waals surface area (Å²) in [6, 6.07) is 0. The van der Waals surface area contributed by atoms with Gasteiger partial charge in [0.1, 0.15) is 15.7 Å². The molecule has 3 rings (SSSR count). The largest absolute Gasteiger partial charge is 0.373 e. The summed E-state index contributed by atoms with van der Waals surface area (Å²) < 4.78 is 12.7. The topological polar surface area (TPSA) is 18.5 Å². The molecular formula is C27H51O2S+. The molecule has 0 radical (unpaired) electrons. The van der Waals surface area contributed by atoms with Gasteiger partial charge < -0.3 is 9.47 Å². The van der Waals surface area contributed by atoms with Gasteiger partial charge in [0.25, 0.3) is 0 Å². The molecular weight excluding hydrogens is 388 g/mol. The lowest BCUT2D eigenvalue weighted by molar-refractivity contribution is -0.0733. The Morgan fingerprint density at radius 2 is 0.800 bits per heavy atom. The second-order valence-electron chi connectivity index (χ2n) is 12.5. The normalized spacial score (nSPS) is 37.7. The molecule has 0 aliphatic heterocycles. The van der Waals surface area contributed by atoms with E-state index < -0.39 is 0 Å². The van der Waals surface area contributed by atoms with E-state index in [0.29, 0.717) is 23.1 Å². The van der Waals surface area contributed by atoms with E-state index in [1.54, 1.807) is 0 Å². The second-order valence-corrected chi connectivity index (χ2v) is 15.4. The van der Waals surface area contributed by atoms with Gasteiger partial charge in [0.2, 0.25) is 0 Å². The van der Waals surface area contributed by atoms with E-state index in [9.17, 15) is 0 Å². The highest BCUT2D eigenvalue weighted by molar-refractivity contribution is 7.98. The van der Waals surface area contributed by atoms with Crippen molar-refractivity contribution in [1.82, 2.24) is 0 Å². The molecule has 0 N–H and O–H groups in total. The van der Waals surface area contributed by atoms with Gasteiger partial charge in [-0.1, -0.05) is 6.92 Å². The minimum absolute atomic E-state index is 0.00410. The average molecular weight is 440 g/mol. The van der Waals surface area contributed by atoms with Gasteiger partial charge in [-0.25, -0.2) is 0 Å². The summed E-state index contributed by atoms with van der Waals surface area (Å²) in [7, 11) is 0.614. The molecule has 30 heavy (non-hydrogen) atoms. The molecule has 0 heterocycles. The molecule has 0 spiro atoms. The van der Waals surface area contributed by atoms with Crippen molar-refractivity contribution in [3.63, 3.8) is 0 Å². The molecule has 0 saturated heterocycles. The first-order chi connectivity index (χ1) is 14.0. The number of hydrogen-bond acceptors (Lipinski definition) is 2. The Morgan fingerprint density at radius 1 is 0.500 bits per heavy atom. The van der Waals surface area contributed by atoms with Gasteiger partial charge in [-0.2, -0.15) is 0 Å². The zero-order valence-corrected chi connectivity index (χ0v) is 22.0. The Morgan fingerprint density at radius 3 is 1.10 bits per heavy atom. The Balaban J connectivity index is 1.61. The van der Waals surface area contributed by atoms with Crippen LogP contribution in [0.4, 0.5) is 0 Å². The summed E-state index contributed by atoms with van der Waals surface area (Å²) in [5.74, 6) is 0.957. The molecule has 0 atom stereocenters. The van der Waals surface area contributed by atoms with Crippen molar-refractivity contribution in [2.75, 3.05) is 0 Å². The van der Waals surface area contributed by atoms with E-state index in [0.717, 1.165) is 21.7 Å². The second kappa shape index (κ2) is 10.5. The van der Waals surface area contributed by atoms with Crippen molar-refractivity contribution < 1.29 is 9.47 Å². The molecule has 3 heteroatoms. The van der Waals surface area contributed by atoms with Crippen molar-refractivity contribution in [2.24, 2.45) is 5.92 Å². The van der Waals surface area contributed by atoms with Crippen LogP contribution in [0.5, 0.6) is 0 Å². The van der Waals surface area contributed by atoms with Crippen molar-refractivity contribution >= 4 is 10.9 Å². The first kappa shape index (κ1) is 24.9. The molecule has 0 aromatic carbocycles. The Bertz CT molecular complexity index is 460. The summed E-state index contributed by atoms with van der Waals surface area (Å²) in [6.07, 6.45) is 17.7. The van der Waals surface area contributed by atoms with Crippen molar-refractivity contribution in [3.8, 4) is 0 Å². The maximum absolute atomic E-state index is 6.36. The predicted octanol–water partition coefficient (Wildman–Crippen LogP) is 7.44. The van der Waals surface area contributed by atoms with Crippen molar-refractivity contribution in [2.45, 2.75) is 165 Å². The first-order valence-electron chi connectivity index (χ1n) is 13.1. The van der Waals surface area contributed by atoms with Crippen LogP contribution in [0.1, 0.15) is 126 Å². The van der Waals surface area contributed by atoms with Gasteiger partial charge in [0, 0.05) is 0 Å². The first-order valence-corrected chi connectivity index (χ1v) is 14.5. The Hall–Kier alpha value is 0.270. The molecule has 0 aromatic heterocycles. The molecule has 0 unspecified atom stereocenters. The summed E-state index contributed by atoms with van der Waals surface area (Å²) in [5, 5.41) is 2.94. The van der Waals surface area contributed by atoms with Crippen LogP contribution in [-0.4, -0.2) is 39.2 Å². The Kier molecular flexibility index (Phi) is 8.69. The fraction of sp³-hybridized carbons (Fsp3) is 1.00. The quantitative estimate of drug-likeness (QED) is 0.414. The van der Waals surface area contributed by atoms with Crippen LogP contribution in [0.25, 0.3) is 0 Å². The van der Waals surface area contributed by atoms with Crippen LogP contribution >= 0.6 is 0 Å². The summed E-state index contributed by atoms with van der Waals surface area (Å²) in [5.41, 5.74) is 0.00821. The maximum atomic E-state index is 6.36. The van der Waals surface area contributed by atoms with Gasteiger partial charge >= 0.3 is 0 Å². The van der Waals surface area contributed by atoms with Gasteiger partial charge in [-0.05, 0) is 135 Å². The third-order valence-electron chi connectivity index (χ3n) is 7.40. The summed E-state index contributed by atoms with van der Waals surface area (Å²) in [6.45, 7) is 15.8. The van der Waals surface area contributed by atoms with Crippen LogP contribution in [0.2, 0.25) is 0 Å². The number of rotatable bonds is 5. The maximum Gasteiger partial charge on any atom is 0.119 e. The fourth-order valence-corrected chi connectivity index (χ4v) is 10.2. The SMILES string of the molecule is CC1CCC([S+](C2CCC(OC(C)(C)C)CC2)C2CCC(OC(C)(C)C)CC2)CC1. The van der Waals surface area contributed by atoms with Crippen LogP contribution in [0.3, 0.4) is 0 Å². The molecule has 0 aromatic rings. The molecule has 2 nitrogen and oxygen atoms in total. The van der Waals surface area contributed by atoms with E-state index >= 15 is 0 Å². The lowest BCUT2D eigenvalue weighted by Crippen LogP contribution is -2.47. The summed E-state index contributed by atoms with van der Waals surface area (Å²) >= 11 is 0. The smallest absolute Gasteiger partial charge is 0.119 e. The molecule has 0 bridgehead atoms. The molecule has 3 aliphatic carbocycles. The van der Waals surface area contributed by atoms with Gasteiger partial charge in [-0.3, -0.25) is 0 Å². The van der Waals surface area contributed by atoms with E-state index in [-0.39, 0.29) is 11.2 Å². The monoisotopic (exact) mass is 439 g/mol. The third-order valence-corrected chi connectivity index (χ3v) is 11.1. The lowest BCUT2D eigenvalue weighted by atomic mass is 9.90. The van der Waals surface area contributed by atoms with E-state index in [2.05, 4.69) is 48.5 Å². The number of hydrogen-bond donors (Lipinski definition) is 0. The number of ether oxygens (including phenoxy) is 2. The van der Waals surface area contributed by atoms with E-state index in [4.69, 9.17) is 9.47 Å². The van der Waals surface area contributed by atoms with Crippen LogP contribution in [0.15, 0.2) is 0 Å². The van der Waals surface area contributed by atoms with Gasteiger partial charge in [-0.15, -0.1) is 0 Å². The zero-order valence-electron chi connectivity index (χ0n) is 21.2. The van der Waals surface area contributed by atoms with Crippen LogP contribution < -0.4 is 0 Å². The zero-order chi connectivity index (χ0) is 21.9. The van der Waals surface area contributed by atoms with Gasteiger partial charge in [0.05, 0.1) is 23.4 Å². The highest BCUT2D eigenvalue weighted by atomic mass is 32.2. The minimum atomic E-state index is 0.00410. The molecule has 3 saturated carbocycles. The average Bonchev–Trinajstić information content (AvgIpc) is 2.64. The van der Waals surface area contributed by atoms with Crippen molar-refractivity contribution in [3.05, 3.63) is 0 Å². The van der Waals surface area contributed by atoms with Crippen LogP contribution in [0, 0.1) is 5.92 Å². The third kappa shape index (κ3) is 7.69. The standard InChI is InChI=1S/C27H51O2S/c1-20-8-14-23(15-9-20)30(24-16-10-21(11-17-24)28-26(2,3)4)25-18-12-22(13-19-25)29-27(5,6)7/h20-25H,8-19H2,1-7H3/q+1. The van der Waals surface area contributed by atoms with Crippen LogP contribution in [-0.2, 0) is 20.4 Å². The predicted molar refractivity (Wildman–Crippen MR) is 133 cm³/mol. The van der Waals surface area contributed by atoms with Gasteiger partial charge in [0.15, 0.2) is 0 Å². The molecule has 3 aliphatic rings. The minimum Gasteiger partial charge on any atom is -0.373 e.